The number of carbonyl (C=O) groups excluding carboxylic acids is 1. The van der Waals surface area contributed by atoms with Crippen LogP contribution in [0.15, 0.2) is 73.1 Å². The van der Waals surface area contributed by atoms with E-state index in [9.17, 15) is 57.5 Å². The minimum absolute atomic E-state index is 0.0557. The number of amides is 1. The number of hydrogen-bond acceptors (Lipinski definition) is 5. The van der Waals surface area contributed by atoms with Crippen molar-refractivity contribution in [1.29, 1.82) is 0 Å². The number of alkyl halides is 12. The molecule has 1 amide bonds. The van der Waals surface area contributed by atoms with Gasteiger partial charge in [0.25, 0.3) is 5.91 Å². The molecule has 0 aliphatic rings. The number of benzene rings is 2. The molecule has 0 saturated carbocycles. The highest BCUT2D eigenvalue weighted by atomic mass is 19.4. The van der Waals surface area contributed by atoms with E-state index >= 15 is 0 Å². The van der Waals surface area contributed by atoms with Crippen LogP contribution in [0.2, 0.25) is 0 Å². The topological polar surface area (TPSA) is 129 Å². The molecular weight excluding hydrogens is 686 g/mol. The summed E-state index contributed by atoms with van der Waals surface area (Å²) in [5, 5.41) is 17.4. The van der Waals surface area contributed by atoms with E-state index in [1.165, 1.54) is 6.07 Å². The third kappa shape index (κ3) is 11.1. The van der Waals surface area contributed by atoms with Gasteiger partial charge < -0.3 is 15.5 Å². The third-order valence-electron chi connectivity index (χ3n) is 5.62. The first-order chi connectivity index (χ1) is 21.9. The Morgan fingerprint density at radius 2 is 1.21 bits per heavy atom. The first kappa shape index (κ1) is 38.8. The van der Waals surface area contributed by atoms with Crippen molar-refractivity contribution in [2.24, 2.45) is 0 Å². The van der Waals surface area contributed by atoms with Crippen molar-refractivity contribution in [3.8, 4) is 11.3 Å². The van der Waals surface area contributed by atoms with Gasteiger partial charge in [-0.2, -0.15) is 52.7 Å². The molecule has 2 heterocycles. The van der Waals surface area contributed by atoms with Crippen molar-refractivity contribution < 1.29 is 77.3 Å². The van der Waals surface area contributed by atoms with Gasteiger partial charge in [0.1, 0.15) is 0 Å². The van der Waals surface area contributed by atoms with Crippen LogP contribution in [0.25, 0.3) is 22.2 Å². The SMILES string of the molecule is O=C(NCc1c(C(F)(F)F)ccnc1-c1ccc(C(F)(F)F)cc1)c1ccc2ncccc2c1.O=C(O)C(F)(F)F.O=C(O)C(F)(F)F. The number of aromatic nitrogens is 2. The maximum atomic E-state index is 13.7. The highest BCUT2D eigenvalue weighted by molar-refractivity contribution is 5.98. The average Bonchev–Trinajstić information content (AvgIpc) is 2.98. The average molecular weight is 703 g/mol. The van der Waals surface area contributed by atoms with Crippen LogP contribution in [0.5, 0.6) is 0 Å². The van der Waals surface area contributed by atoms with Crippen LogP contribution in [-0.4, -0.2) is 50.4 Å². The Morgan fingerprint density at radius 1 is 0.667 bits per heavy atom. The van der Waals surface area contributed by atoms with Crippen LogP contribution in [0, 0.1) is 0 Å². The van der Waals surface area contributed by atoms with Crippen molar-refractivity contribution in [1.82, 2.24) is 15.3 Å². The molecule has 48 heavy (non-hydrogen) atoms. The molecule has 4 rings (SSSR count). The Hall–Kier alpha value is -5.43. The molecule has 258 valence electrons. The van der Waals surface area contributed by atoms with Gasteiger partial charge in [-0.25, -0.2) is 9.59 Å². The number of carboxylic acids is 2. The van der Waals surface area contributed by atoms with Crippen molar-refractivity contribution >= 4 is 28.7 Å². The molecule has 2 aromatic heterocycles. The maximum absolute atomic E-state index is 13.7. The summed E-state index contributed by atoms with van der Waals surface area (Å²) < 4.78 is 143. The summed E-state index contributed by atoms with van der Waals surface area (Å²) in [6.45, 7) is -0.539. The van der Waals surface area contributed by atoms with E-state index in [2.05, 4.69) is 15.3 Å². The minimum Gasteiger partial charge on any atom is -0.475 e. The lowest BCUT2D eigenvalue weighted by atomic mass is 9.99. The predicted octanol–water partition coefficient (Wildman–Crippen LogP) is 7.53. The lowest BCUT2D eigenvalue weighted by Crippen LogP contribution is -2.25. The van der Waals surface area contributed by atoms with Crippen molar-refractivity contribution in [3.05, 3.63) is 95.3 Å². The third-order valence-corrected chi connectivity index (χ3v) is 5.62. The van der Waals surface area contributed by atoms with Gasteiger partial charge in [0, 0.05) is 41.0 Å². The summed E-state index contributed by atoms with van der Waals surface area (Å²) in [6.07, 6.45) is -17.0. The smallest absolute Gasteiger partial charge is 0.475 e. The fraction of sp³-hybridized carbons (Fsp3) is 0.179. The zero-order valence-electron chi connectivity index (χ0n) is 23.2. The molecule has 8 nitrogen and oxygen atoms in total. The van der Waals surface area contributed by atoms with E-state index in [0.717, 1.165) is 36.5 Å². The minimum atomic E-state index is -5.08. The van der Waals surface area contributed by atoms with Crippen molar-refractivity contribution in [2.45, 2.75) is 31.2 Å². The van der Waals surface area contributed by atoms with E-state index in [1.807, 2.05) is 0 Å². The molecular formula is C28H17F12N3O5. The Kier molecular flexibility index (Phi) is 12.1. The molecule has 2 aromatic carbocycles. The van der Waals surface area contributed by atoms with Gasteiger partial charge >= 0.3 is 36.6 Å². The molecule has 4 aromatic rings. The summed E-state index contributed by atoms with van der Waals surface area (Å²) in [5.41, 5.74) is -1.59. The number of carbonyl (C=O) groups is 3. The van der Waals surface area contributed by atoms with Gasteiger partial charge in [-0.05, 0) is 42.5 Å². The molecule has 0 bridgehead atoms. The lowest BCUT2D eigenvalue weighted by Gasteiger charge is -2.17. The molecule has 0 radical (unpaired) electrons. The van der Waals surface area contributed by atoms with Crippen molar-refractivity contribution in [2.75, 3.05) is 0 Å². The maximum Gasteiger partial charge on any atom is 0.490 e. The van der Waals surface area contributed by atoms with Gasteiger partial charge in [0.2, 0.25) is 0 Å². The monoisotopic (exact) mass is 703 g/mol. The first-order valence-electron chi connectivity index (χ1n) is 12.4. The molecule has 3 N–H and O–H groups in total. The number of halogens is 12. The normalized spacial score (nSPS) is 11.8. The van der Waals surface area contributed by atoms with E-state index < -0.39 is 60.2 Å². The van der Waals surface area contributed by atoms with E-state index in [0.29, 0.717) is 10.9 Å². The molecule has 0 aliphatic carbocycles. The highest BCUT2D eigenvalue weighted by Crippen LogP contribution is 2.37. The van der Waals surface area contributed by atoms with Crippen molar-refractivity contribution in [3.63, 3.8) is 0 Å². The number of fused-ring (bicyclic) bond motifs is 1. The van der Waals surface area contributed by atoms with Gasteiger partial charge in [0.15, 0.2) is 0 Å². The number of pyridine rings is 2. The lowest BCUT2D eigenvalue weighted by molar-refractivity contribution is -0.193. The number of nitrogens with one attached hydrogen (secondary N) is 1. The number of aliphatic carboxylic acids is 2. The number of hydrogen-bond donors (Lipinski definition) is 3. The zero-order chi connectivity index (χ0) is 36.7. The Morgan fingerprint density at radius 3 is 1.69 bits per heavy atom. The van der Waals surface area contributed by atoms with Crippen LogP contribution in [0.3, 0.4) is 0 Å². The molecule has 0 spiro atoms. The predicted molar refractivity (Wildman–Crippen MR) is 140 cm³/mol. The second-order valence-corrected chi connectivity index (χ2v) is 8.96. The van der Waals surface area contributed by atoms with Crippen LogP contribution in [-0.2, 0) is 28.5 Å². The van der Waals surface area contributed by atoms with Crippen LogP contribution in [0.4, 0.5) is 52.7 Å². The molecule has 0 atom stereocenters. The number of rotatable bonds is 4. The summed E-state index contributed by atoms with van der Waals surface area (Å²) >= 11 is 0. The Balaban J connectivity index is 0.000000479. The van der Waals surface area contributed by atoms with Crippen LogP contribution >= 0.6 is 0 Å². The zero-order valence-corrected chi connectivity index (χ0v) is 23.2. The largest absolute Gasteiger partial charge is 0.490 e. The fourth-order valence-electron chi connectivity index (χ4n) is 3.49. The summed E-state index contributed by atoms with van der Waals surface area (Å²) in [5.74, 6) is -6.14. The Labute approximate surface area is 259 Å². The second kappa shape index (κ2) is 15.0. The van der Waals surface area contributed by atoms with E-state index in [-0.39, 0.29) is 22.4 Å². The van der Waals surface area contributed by atoms with Gasteiger partial charge in [-0.1, -0.05) is 18.2 Å². The molecule has 0 aliphatic heterocycles. The highest BCUT2D eigenvalue weighted by Gasteiger charge is 2.39. The van der Waals surface area contributed by atoms with E-state index in [1.54, 1.807) is 30.5 Å². The first-order valence-corrected chi connectivity index (χ1v) is 12.4. The van der Waals surface area contributed by atoms with E-state index in [4.69, 9.17) is 19.8 Å². The molecule has 0 unspecified atom stereocenters. The van der Waals surface area contributed by atoms with Crippen LogP contribution < -0.4 is 5.32 Å². The van der Waals surface area contributed by atoms with Crippen LogP contribution in [0.1, 0.15) is 27.0 Å². The summed E-state index contributed by atoms with van der Waals surface area (Å²) in [7, 11) is 0. The molecule has 20 heteroatoms. The second-order valence-electron chi connectivity index (χ2n) is 8.96. The number of nitrogens with zero attached hydrogens (tertiary/aromatic N) is 2. The number of carboxylic acid groups (broad SMARTS) is 2. The fourth-order valence-corrected chi connectivity index (χ4v) is 3.49. The quantitative estimate of drug-likeness (QED) is 0.188. The van der Waals surface area contributed by atoms with Gasteiger partial charge in [-0.15, -0.1) is 0 Å². The van der Waals surface area contributed by atoms with Gasteiger partial charge in [-0.3, -0.25) is 14.8 Å². The summed E-state index contributed by atoms with van der Waals surface area (Å²) in [4.78, 5) is 38.6. The standard InChI is InChI=1S/C24H15F6N3O.2C2HF3O2/c25-23(26,27)17-6-3-14(4-7-17)21-18(19(9-11-32-21)24(28,29)30)13-33-22(34)16-5-8-20-15(12-16)2-1-10-31-20;2*3-2(4,5)1(6)7/h1-12H,13H2,(H,33,34);2*(H,6,7). The summed E-state index contributed by atoms with van der Waals surface area (Å²) in [6, 6.07) is 12.5. The molecule has 0 saturated heterocycles. The molecule has 0 fully saturated rings. The Bertz CT molecular complexity index is 1730. The van der Waals surface area contributed by atoms with Gasteiger partial charge in [0.05, 0.1) is 22.3 Å².